The Morgan fingerprint density at radius 1 is 1.00 bits per heavy atom. The topological polar surface area (TPSA) is 62.6 Å². The largest absolute Gasteiger partial charge is 0.497 e. The molecule has 0 N–H and O–H groups in total. The van der Waals surface area contributed by atoms with Gasteiger partial charge in [0.05, 0.1) is 24.8 Å². The van der Waals surface area contributed by atoms with Gasteiger partial charge in [-0.3, -0.25) is 4.90 Å². The number of ether oxygens (including phenoxy) is 2. The van der Waals surface area contributed by atoms with Gasteiger partial charge in [0.15, 0.2) is 0 Å². The zero-order chi connectivity index (χ0) is 23.9. The zero-order valence-electron chi connectivity index (χ0n) is 19.6. The van der Waals surface area contributed by atoms with Gasteiger partial charge < -0.3 is 9.47 Å². The molecular weight excluding hydrogens is 436 g/mol. The molecule has 0 radical (unpaired) electrons. The summed E-state index contributed by atoms with van der Waals surface area (Å²) in [5.74, 6) is 0.779. The van der Waals surface area contributed by atoms with Gasteiger partial charge in [0.1, 0.15) is 12.4 Å². The predicted molar refractivity (Wildman–Crippen MR) is 134 cm³/mol. The highest BCUT2D eigenvalue weighted by atomic mass is 16.6. The third-order valence-corrected chi connectivity index (χ3v) is 7.64. The van der Waals surface area contributed by atoms with E-state index >= 15 is 0 Å². The van der Waals surface area contributed by atoms with Crippen molar-refractivity contribution < 1.29 is 14.3 Å². The van der Waals surface area contributed by atoms with Crippen LogP contribution in [0.3, 0.4) is 0 Å². The molecule has 2 atom stereocenters. The number of amides is 1. The molecule has 3 aromatic rings. The fourth-order valence-electron chi connectivity index (χ4n) is 6.00. The van der Waals surface area contributed by atoms with Crippen LogP contribution in [-0.2, 0) is 4.74 Å². The van der Waals surface area contributed by atoms with E-state index in [0.717, 1.165) is 29.7 Å². The van der Waals surface area contributed by atoms with Crippen molar-refractivity contribution >= 4 is 11.7 Å². The number of carbonyl (C=O) groups is 1. The minimum absolute atomic E-state index is 0.0165. The van der Waals surface area contributed by atoms with E-state index in [-0.39, 0.29) is 24.1 Å². The van der Waals surface area contributed by atoms with Gasteiger partial charge in [-0.1, -0.05) is 54.6 Å². The van der Waals surface area contributed by atoms with Crippen LogP contribution in [0, 0.1) is 11.3 Å². The van der Waals surface area contributed by atoms with Gasteiger partial charge >= 0.3 is 6.09 Å². The molecule has 6 rings (SSSR count). The minimum Gasteiger partial charge on any atom is -0.497 e. The summed E-state index contributed by atoms with van der Waals surface area (Å²) in [5.41, 5.74) is 7.51. The first-order valence-electron chi connectivity index (χ1n) is 12.1. The molecule has 5 nitrogen and oxygen atoms in total. The highest BCUT2D eigenvalue weighted by molar-refractivity contribution is 5.80. The Labute approximate surface area is 205 Å². The second-order valence-corrected chi connectivity index (χ2v) is 9.43. The standard InChI is InChI=1S/C30H26N2O3/c1-34-23-13-10-19(17-31)28(16-23)20-14-21-11-12-22(15-20)32(21)30(33)35-18-29-26-8-4-2-6-24(26)25-7-3-5-9-27(25)29/h2-10,13-14,16,21-22,29H,11-12,15,18H2,1H3. The summed E-state index contributed by atoms with van der Waals surface area (Å²) in [6, 6.07) is 24.6. The molecule has 1 amide bonds. The number of hydrogen-bond acceptors (Lipinski definition) is 4. The SMILES string of the molecule is COc1ccc(C#N)c(C2=CC3CCC(C2)N3C(=O)OCC2c3ccccc3-c3ccccc32)c1. The Balaban J connectivity index is 1.22. The van der Waals surface area contributed by atoms with Gasteiger partial charge in [-0.2, -0.15) is 5.26 Å². The minimum atomic E-state index is -0.249. The number of fused-ring (bicyclic) bond motifs is 5. The number of carbonyl (C=O) groups excluding carboxylic acids is 1. The Hall–Kier alpha value is -4.04. The van der Waals surface area contributed by atoms with Crippen molar-refractivity contribution in [3.8, 4) is 22.9 Å². The van der Waals surface area contributed by atoms with Gasteiger partial charge in [-0.15, -0.1) is 0 Å². The van der Waals surface area contributed by atoms with E-state index in [1.165, 1.54) is 22.3 Å². The summed E-state index contributed by atoms with van der Waals surface area (Å²) in [5, 5.41) is 9.61. The van der Waals surface area contributed by atoms with Crippen LogP contribution in [0.15, 0.2) is 72.8 Å². The van der Waals surface area contributed by atoms with E-state index in [2.05, 4.69) is 48.5 Å². The number of nitriles is 1. The van der Waals surface area contributed by atoms with Crippen LogP contribution >= 0.6 is 0 Å². The summed E-state index contributed by atoms with van der Waals surface area (Å²) in [6.45, 7) is 0.327. The quantitative estimate of drug-likeness (QED) is 0.467. The van der Waals surface area contributed by atoms with Crippen molar-refractivity contribution in [3.63, 3.8) is 0 Å². The van der Waals surface area contributed by atoms with Gasteiger partial charge in [-0.05, 0) is 70.9 Å². The van der Waals surface area contributed by atoms with Crippen LogP contribution in [0.2, 0.25) is 0 Å². The van der Waals surface area contributed by atoms with Crippen molar-refractivity contribution in [2.75, 3.05) is 13.7 Å². The van der Waals surface area contributed by atoms with E-state index in [9.17, 15) is 10.1 Å². The molecule has 3 aliphatic rings. The normalized spacial score (nSPS) is 20.0. The molecular formula is C30H26N2O3. The molecule has 0 aromatic heterocycles. The summed E-state index contributed by atoms with van der Waals surface area (Å²) in [6.07, 6.45) is 4.44. The molecule has 5 heteroatoms. The summed E-state index contributed by atoms with van der Waals surface area (Å²) < 4.78 is 11.4. The van der Waals surface area contributed by atoms with Gasteiger partial charge in [0.25, 0.3) is 0 Å². The lowest BCUT2D eigenvalue weighted by molar-refractivity contribution is 0.0866. The number of hydrogen-bond donors (Lipinski definition) is 0. The van der Waals surface area contributed by atoms with Crippen LogP contribution in [0.1, 0.15) is 47.4 Å². The van der Waals surface area contributed by atoms with Crippen LogP contribution < -0.4 is 4.74 Å². The molecule has 1 saturated heterocycles. The molecule has 174 valence electrons. The smallest absolute Gasteiger partial charge is 0.410 e. The summed E-state index contributed by atoms with van der Waals surface area (Å²) in [7, 11) is 1.63. The molecule has 2 bridgehead atoms. The lowest BCUT2D eigenvalue weighted by Crippen LogP contribution is -2.43. The average molecular weight is 463 g/mol. The van der Waals surface area contributed by atoms with Crippen LogP contribution in [0.25, 0.3) is 16.7 Å². The van der Waals surface area contributed by atoms with Crippen LogP contribution in [0.4, 0.5) is 4.79 Å². The van der Waals surface area contributed by atoms with Crippen molar-refractivity contribution in [1.29, 1.82) is 5.26 Å². The lowest BCUT2D eigenvalue weighted by Gasteiger charge is -2.34. The second-order valence-electron chi connectivity index (χ2n) is 9.43. The Bertz CT molecular complexity index is 1340. The zero-order valence-corrected chi connectivity index (χ0v) is 19.6. The van der Waals surface area contributed by atoms with E-state index in [1.54, 1.807) is 13.2 Å². The number of rotatable bonds is 4. The fourth-order valence-corrected chi connectivity index (χ4v) is 6.00. The van der Waals surface area contributed by atoms with Crippen molar-refractivity contribution in [2.45, 2.75) is 37.3 Å². The fraction of sp³-hybridized carbons (Fsp3) is 0.267. The van der Waals surface area contributed by atoms with E-state index < -0.39 is 0 Å². The molecule has 3 aromatic carbocycles. The highest BCUT2D eigenvalue weighted by Gasteiger charge is 2.41. The number of nitrogens with zero attached hydrogens (tertiary/aromatic N) is 2. The molecule has 2 heterocycles. The maximum atomic E-state index is 13.3. The van der Waals surface area contributed by atoms with Crippen molar-refractivity contribution in [2.24, 2.45) is 0 Å². The third-order valence-electron chi connectivity index (χ3n) is 7.64. The van der Waals surface area contributed by atoms with Gasteiger partial charge in [0.2, 0.25) is 0 Å². The van der Waals surface area contributed by atoms with Crippen LogP contribution in [-0.4, -0.2) is 36.8 Å². The number of benzene rings is 3. The van der Waals surface area contributed by atoms with Crippen molar-refractivity contribution in [1.82, 2.24) is 4.90 Å². The molecule has 0 spiro atoms. The molecule has 2 aliphatic heterocycles. The van der Waals surface area contributed by atoms with E-state index in [4.69, 9.17) is 9.47 Å². The Kier molecular flexibility index (Phi) is 5.30. The average Bonchev–Trinajstić information content (AvgIpc) is 3.37. The molecule has 2 unspecified atom stereocenters. The van der Waals surface area contributed by atoms with E-state index in [0.29, 0.717) is 18.6 Å². The molecule has 1 fully saturated rings. The summed E-state index contributed by atoms with van der Waals surface area (Å²) >= 11 is 0. The van der Waals surface area contributed by atoms with Crippen LogP contribution in [0.5, 0.6) is 5.75 Å². The first-order chi connectivity index (χ1) is 17.2. The summed E-state index contributed by atoms with van der Waals surface area (Å²) in [4.78, 5) is 15.2. The first-order valence-corrected chi connectivity index (χ1v) is 12.1. The highest BCUT2D eigenvalue weighted by Crippen LogP contribution is 2.45. The van der Waals surface area contributed by atoms with Gasteiger partial charge in [-0.25, -0.2) is 4.79 Å². The monoisotopic (exact) mass is 462 g/mol. The Morgan fingerprint density at radius 2 is 1.71 bits per heavy atom. The maximum Gasteiger partial charge on any atom is 0.410 e. The van der Waals surface area contributed by atoms with Gasteiger partial charge in [0, 0.05) is 12.0 Å². The first kappa shape index (κ1) is 21.5. The Morgan fingerprint density at radius 3 is 2.37 bits per heavy atom. The third kappa shape index (κ3) is 3.57. The molecule has 35 heavy (non-hydrogen) atoms. The molecule has 0 saturated carbocycles. The van der Waals surface area contributed by atoms with Crippen molar-refractivity contribution in [3.05, 3.63) is 95.1 Å². The predicted octanol–water partition coefficient (Wildman–Crippen LogP) is 6.14. The van der Waals surface area contributed by atoms with E-state index in [1.807, 2.05) is 29.2 Å². The maximum absolute atomic E-state index is 13.3. The molecule has 1 aliphatic carbocycles. The lowest BCUT2D eigenvalue weighted by atomic mass is 9.92. The number of methoxy groups -OCH3 is 1. The second kappa shape index (κ2) is 8.63.